The Kier molecular flexibility index (Phi) is 5.06. The van der Waals surface area contributed by atoms with E-state index >= 15 is 0 Å². The normalized spacial score (nSPS) is 17.4. The maximum Gasteiger partial charge on any atom is 0.122 e. The van der Waals surface area contributed by atoms with Crippen LogP contribution in [0.4, 0.5) is 0 Å². The van der Waals surface area contributed by atoms with Gasteiger partial charge in [0.1, 0.15) is 5.76 Å². The minimum absolute atomic E-state index is 0.610. The van der Waals surface area contributed by atoms with Crippen molar-refractivity contribution in [2.45, 2.75) is 65.2 Å². The lowest BCUT2D eigenvalue weighted by molar-refractivity contribution is 0.219. The van der Waals surface area contributed by atoms with E-state index in [0.717, 1.165) is 30.8 Å². The molecule has 1 N–H and O–H groups in total. The minimum Gasteiger partial charge on any atom is -0.468 e. The summed E-state index contributed by atoms with van der Waals surface area (Å²) in [7, 11) is 2.21. The molecule has 1 atom stereocenters. The molecule has 19 heavy (non-hydrogen) atoms. The minimum atomic E-state index is 0.610. The van der Waals surface area contributed by atoms with Crippen LogP contribution in [0.1, 0.15) is 51.4 Å². The number of hydrogen-bond acceptors (Lipinski definition) is 3. The highest BCUT2D eigenvalue weighted by molar-refractivity contribution is 5.17. The van der Waals surface area contributed by atoms with Crippen molar-refractivity contribution in [2.75, 3.05) is 7.05 Å². The monoisotopic (exact) mass is 264 g/mol. The zero-order valence-corrected chi connectivity index (χ0v) is 12.8. The zero-order valence-electron chi connectivity index (χ0n) is 12.8. The predicted molar refractivity (Wildman–Crippen MR) is 79.0 cm³/mol. The molecule has 3 heteroatoms. The Labute approximate surface area is 117 Å². The van der Waals surface area contributed by atoms with Crippen LogP contribution in [0.15, 0.2) is 16.7 Å². The van der Waals surface area contributed by atoms with Crippen LogP contribution in [0.25, 0.3) is 0 Å². The Bertz CT molecular complexity index is 382. The molecule has 1 aromatic rings. The maximum absolute atomic E-state index is 5.62. The molecular weight excluding hydrogens is 236 g/mol. The number of nitrogens with zero attached hydrogens (tertiary/aromatic N) is 1. The van der Waals surface area contributed by atoms with Gasteiger partial charge in [0.25, 0.3) is 0 Å². The van der Waals surface area contributed by atoms with E-state index in [2.05, 4.69) is 44.1 Å². The van der Waals surface area contributed by atoms with E-state index in [4.69, 9.17) is 4.42 Å². The Morgan fingerprint density at radius 1 is 1.37 bits per heavy atom. The average molecular weight is 264 g/mol. The summed E-state index contributed by atoms with van der Waals surface area (Å²) in [6.07, 6.45) is 5.70. The van der Waals surface area contributed by atoms with Gasteiger partial charge in [0, 0.05) is 24.2 Å². The first-order chi connectivity index (χ1) is 9.06. The van der Waals surface area contributed by atoms with Crippen LogP contribution in [0, 0.1) is 5.92 Å². The molecule has 1 aromatic heterocycles. The summed E-state index contributed by atoms with van der Waals surface area (Å²) < 4.78 is 5.62. The predicted octanol–water partition coefficient (Wildman–Crippen LogP) is 3.40. The molecule has 108 valence electrons. The summed E-state index contributed by atoms with van der Waals surface area (Å²) in [5, 5.41) is 3.52. The molecule has 3 nitrogen and oxygen atoms in total. The largest absolute Gasteiger partial charge is 0.468 e. The quantitative estimate of drug-likeness (QED) is 0.780. The molecule has 0 amide bonds. The standard InChI is InChI=1S/C16H28N2O/c1-12(2)9-13(3)18(4)11-14-7-8-19-16(14)10-17-15-5-6-15/h7-8,12-13,15,17H,5-6,9-11H2,1-4H3. The van der Waals surface area contributed by atoms with Crippen LogP contribution in [0.5, 0.6) is 0 Å². The summed E-state index contributed by atoms with van der Waals surface area (Å²) in [4.78, 5) is 2.42. The van der Waals surface area contributed by atoms with Gasteiger partial charge in [0.15, 0.2) is 0 Å². The third kappa shape index (κ3) is 4.66. The first kappa shape index (κ1) is 14.6. The van der Waals surface area contributed by atoms with Gasteiger partial charge in [-0.05, 0) is 45.2 Å². The van der Waals surface area contributed by atoms with Gasteiger partial charge in [0.2, 0.25) is 0 Å². The molecule has 0 aromatic carbocycles. The van der Waals surface area contributed by atoms with Crippen molar-refractivity contribution < 1.29 is 4.42 Å². The fraction of sp³-hybridized carbons (Fsp3) is 0.750. The summed E-state index contributed by atoms with van der Waals surface area (Å²) in [6.45, 7) is 8.73. The Balaban J connectivity index is 1.84. The summed E-state index contributed by atoms with van der Waals surface area (Å²) in [5.41, 5.74) is 1.33. The molecule has 0 saturated heterocycles. The first-order valence-electron chi connectivity index (χ1n) is 7.55. The first-order valence-corrected chi connectivity index (χ1v) is 7.55. The van der Waals surface area contributed by atoms with Crippen molar-refractivity contribution in [3.05, 3.63) is 23.7 Å². The van der Waals surface area contributed by atoms with Crippen molar-refractivity contribution in [2.24, 2.45) is 5.92 Å². The number of rotatable bonds is 8. The van der Waals surface area contributed by atoms with E-state index in [9.17, 15) is 0 Å². The summed E-state index contributed by atoms with van der Waals surface area (Å²) in [5.74, 6) is 1.85. The van der Waals surface area contributed by atoms with Crippen molar-refractivity contribution >= 4 is 0 Å². The topological polar surface area (TPSA) is 28.4 Å². The van der Waals surface area contributed by atoms with Crippen LogP contribution in [-0.2, 0) is 13.1 Å². The van der Waals surface area contributed by atoms with Crippen LogP contribution in [0.2, 0.25) is 0 Å². The van der Waals surface area contributed by atoms with Crippen molar-refractivity contribution in [1.29, 1.82) is 0 Å². The molecule has 1 fully saturated rings. The van der Waals surface area contributed by atoms with Gasteiger partial charge in [-0.15, -0.1) is 0 Å². The van der Waals surface area contributed by atoms with Gasteiger partial charge in [0.05, 0.1) is 12.8 Å². The lowest BCUT2D eigenvalue weighted by Crippen LogP contribution is -2.30. The molecule has 0 radical (unpaired) electrons. The van der Waals surface area contributed by atoms with E-state index in [-0.39, 0.29) is 0 Å². The molecular formula is C16H28N2O. The van der Waals surface area contributed by atoms with Gasteiger partial charge in [-0.25, -0.2) is 0 Å². The highest BCUT2D eigenvalue weighted by Gasteiger charge is 2.21. The van der Waals surface area contributed by atoms with Crippen LogP contribution in [-0.4, -0.2) is 24.0 Å². The van der Waals surface area contributed by atoms with Crippen LogP contribution < -0.4 is 5.32 Å². The Hall–Kier alpha value is -0.800. The van der Waals surface area contributed by atoms with E-state index in [0.29, 0.717) is 6.04 Å². The van der Waals surface area contributed by atoms with E-state index in [1.165, 1.54) is 24.8 Å². The van der Waals surface area contributed by atoms with Gasteiger partial charge < -0.3 is 9.73 Å². The van der Waals surface area contributed by atoms with Crippen molar-refractivity contribution in [1.82, 2.24) is 10.2 Å². The molecule has 2 rings (SSSR count). The van der Waals surface area contributed by atoms with Crippen LogP contribution in [0.3, 0.4) is 0 Å². The van der Waals surface area contributed by atoms with Crippen molar-refractivity contribution in [3.8, 4) is 0 Å². The van der Waals surface area contributed by atoms with Gasteiger partial charge in [-0.1, -0.05) is 13.8 Å². The molecule has 1 saturated carbocycles. The molecule has 1 heterocycles. The average Bonchev–Trinajstić information content (AvgIpc) is 3.07. The van der Waals surface area contributed by atoms with Crippen LogP contribution >= 0.6 is 0 Å². The highest BCUT2D eigenvalue weighted by atomic mass is 16.3. The van der Waals surface area contributed by atoms with Crippen molar-refractivity contribution in [3.63, 3.8) is 0 Å². The lowest BCUT2D eigenvalue weighted by atomic mass is 10.0. The smallest absolute Gasteiger partial charge is 0.122 e. The van der Waals surface area contributed by atoms with Gasteiger partial charge >= 0.3 is 0 Å². The second-order valence-corrected chi connectivity index (χ2v) is 6.42. The highest BCUT2D eigenvalue weighted by Crippen LogP contribution is 2.21. The Morgan fingerprint density at radius 2 is 2.11 bits per heavy atom. The SMILES string of the molecule is CC(C)CC(C)N(C)Cc1ccoc1CNC1CC1. The molecule has 1 aliphatic rings. The molecule has 1 aliphatic carbocycles. The molecule has 1 unspecified atom stereocenters. The third-order valence-corrected chi connectivity index (χ3v) is 3.95. The third-order valence-electron chi connectivity index (χ3n) is 3.95. The summed E-state index contributed by atoms with van der Waals surface area (Å²) >= 11 is 0. The lowest BCUT2D eigenvalue weighted by Gasteiger charge is -2.26. The second-order valence-electron chi connectivity index (χ2n) is 6.42. The zero-order chi connectivity index (χ0) is 13.8. The molecule has 0 bridgehead atoms. The number of nitrogens with one attached hydrogen (secondary N) is 1. The van der Waals surface area contributed by atoms with E-state index < -0.39 is 0 Å². The second kappa shape index (κ2) is 6.58. The molecule has 0 spiro atoms. The fourth-order valence-corrected chi connectivity index (χ4v) is 2.47. The van der Waals surface area contributed by atoms with E-state index in [1.807, 2.05) is 6.26 Å². The van der Waals surface area contributed by atoms with E-state index in [1.54, 1.807) is 0 Å². The fourth-order valence-electron chi connectivity index (χ4n) is 2.47. The maximum atomic E-state index is 5.62. The van der Waals surface area contributed by atoms with Gasteiger partial charge in [-0.2, -0.15) is 0 Å². The van der Waals surface area contributed by atoms with Gasteiger partial charge in [-0.3, -0.25) is 4.90 Å². The number of hydrogen-bond donors (Lipinski definition) is 1. The summed E-state index contributed by atoms with van der Waals surface area (Å²) in [6, 6.07) is 3.46. The molecule has 0 aliphatic heterocycles. The Morgan fingerprint density at radius 3 is 2.74 bits per heavy atom. The number of furan rings is 1.